The summed E-state index contributed by atoms with van der Waals surface area (Å²) in [7, 11) is 0. The van der Waals surface area contributed by atoms with Gasteiger partial charge in [-0.05, 0) is 31.2 Å². The highest BCUT2D eigenvalue weighted by Gasteiger charge is 2.14. The van der Waals surface area contributed by atoms with Crippen LogP contribution in [-0.2, 0) is 13.0 Å². The van der Waals surface area contributed by atoms with Crippen molar-refractivity contribution >= 4 is 11.6 Å². The third-order valence-corrected chi connectivity index (χ3v) is 3.30. The van der Waals surface area contributed by atoms with Gasteiger partial charge in [-0.25, -0.2) is 4.98 Å². The lowest BCUT2D eigenvalue weighted by Gasteiger charge is -2.15. The van der Waals surface area contributed by atoms with Crippen LogP contribution in [0.4, 0.5) is 0 Å². The number of nitrogens with zero attached hydrogens (tertiary/aromatic N) is 3. The number of benzene rings is 1. The molecule has 1 atom stereocenters. The number of aryl methyl sites for hydroxylation is 1. The third-order valence-electron chi connectivity index (χ3n) is 3.05. The number of halogens is 1. The predicted octanol–water partition coefficient (Wildman–Crippen LogP) is 2.24. The molecule has 0 amide bonds. The van der Waals surface area contributed by atoms with Crippen LogP contribution in [0, 0.1) is 0 Å². The molecule has 0 aliphatic heterocycles. The SMILES string of the molecule is CCn1ncnc1CC(CN)c1ccc(Cl)cc1. The summed E-state index contributed by atoms with van der Waals surface area (Å²) >= 11 is 5.89. The van der Waals surface area contributed by atoms with Gasteiger partial charge in [0.2, 0.25) is 0 Å². The van der Waals surface area contributed by atoms with Crippen LogP contribution < -0.4 is 5.73 Å². The minimum Gasteiger partial charge on any atom is -0.330 e. The molecular weight excluding hydrogens is 248 g/mol. The molecule has 0 saturated heterocycles. The molecule has 2 aromatic rings. The first-order chi connectivity index (χ1) is 8.74. The van der Waals surface area contributed by atoms with Crippen molar-refractivity contribution in [2.45, 2.75) is 25.8 Å². The predicted molar refractivity (Wildman–Crippen MR) is 72.6 cm³/mol. The second kappa shape index (κ2) is 5.98. The van der Waals surface area contributed by atoms with Crippen LogP contribution in [0.1, 0.15) is 24.2 Å². The second-order valence-corrected chi connectivity index (χ2v) is 4.62. The topological polar surface area (TPSA) is 56.7 Å². The van der Waals surface area contributed by atoms with Gasteiger partial charge in [0, 0.05) is 23.9 Å². The number of nitrogens with two attached hydrogens (primary N) is 1. The minimum atomic E-state index is 0.247. The molecule has 0 aliphatic carbocycles. The molecule has 18 heavy (non-hydrogen) atoms. The van der Waals surface area contributed by atoms with Crippen LogP contribution in [0.15, 0.2) is 30.6 Å². The maximum Gasteiger partial charge on any atom is 0.138 e. The van der Waals surface area contributed by atoms with E-state index in [0.717, 1.165) is 23.8 Å². The van der Waals surface area contributed by atoms with Crippen molar-refractivity contribution in [2.75, 3.05) is 6.54 Å². The number of hydrogen-bond acceptors (Lipinski definition) is 3. The monoisotopic (exact) mass is 264 g/mol. The smallest absolute Gasteiger partial charge is 0.138 e. The molecule has 0 aliphatic rings. The molecule has 0 saturated carbocycles. The molecule has 2 N–H and O–H groups in total. The maximum absolute atomic E-state index is 5.89. The average molecular weight is 265 g/mol. The standard InChI is InChI=1S/C13H17ClN4/c1-2-18-13(16-9-17-18)7-11(8-15)10-3-5-12(14)6-4-10/h3-6,9,11H,2,7-8,15H2,1H3. The highest BCUT2D eigenvalue weighted by molar-refractivity contribution is 6.30. The zero-order valence-electron chi connectivity index (χ0n) is 10.4. The Labute approximate surface area is 112 Å². The first kappa shape index (κ1) is 13.1. The van der Waals surface area contributed by atoms with Crippen LogP contribution in [0.5, 0.6) is 0 Å². The summed E-state index contributed by atoms with van der Waals surface area (Å²) in [6, 6.07) is 7.83. The van der Waals surface area contributed by atoms with Crippen LogP contribution >= 0.6 is 11.6 Å². The zero-order chi connectivity index (χ0) is 13.0. The van der Waals surface area contributed by atoms with Crippen molar-refractivity contribution in [3.05, 3.63) is 47.0 Å². The number of hydrogen-bond donors (Lipinski definition) is 1. The van der Waals surface area contributed by atoms with Gasteiger partial charge in [-0.2, -0.15) is 5.10 Å². The number of aromatic nitrogens is 3. The van der Waals surface area contributed by atoms with Gasteiger partial charge in [0.25, 0.3) is 0 Å². The normalized spacial score (nSPS) is 12.6. The van der Waals surface area contributed by atoms with Crippen molar-refractivity contribution in [2.24, 2.45) is 5.73 Å². The van der Waals surface area contributed by atoms with Crippen molar-refractivity contribution < 1.29 is 0 Å². The maximum atomic E-state index is 5.89. The molecule has 0 bridgehead atoms. The Morgan fingerprint density at radius 2 is 2.06 bits per heavy atom. The molecule has 96 valence electrons. The summed E-state index contributed by atoms with van der Waals surface area (Å²) in [4.78, 5) is 4.29. The van der Waals surface area contributed by atoms with Gasteiger partial charge in [0.15, 0.2) is 0 Å². The van der Waals surface area contributed by atoms with E-state index in [9.17, 15) is 0 Å². The molecule has 5 heteroatoms. The molecule has 1 unspecified atom stereocenters. The fraction of sp³-hybridized carbons (Fsp3) is 0.385. The average Bonchev–Trinajstić information content (AvgIpc) is 2.84. The van der Waals surface area contributed by atoms with Gasteiger partial charge >= 0.3 is 0 Å². The fourth-order valence-electron chi connectivity index (χ4n) is 2.00. The van der Waals surface area contributed by atoms with E-state index < -0.39 is 0 Å². The highest BCUT2D eigenvalue weighted by Crippen LogP contribution is 2.21. The van der Waals surface area contributed by atoms with E-state index >= 15 is 0 Å². The lowest BCUT2D eigenvalue weighted by Crippen LogP contribution is -2.17. The van der Waals surface area contributed by atoms with Crippen LogP contribution in [0.25, 0.3) is 0 Å². The molecule has 1 heterocycles. The van der Waals surface area contributed by atoms with E-state index in [4.69, 9.17) is 17.3 Å². The molecule has 0 fully saturated rings. The van der Waals surface area contributed by atoms with Crippen molar-refractivity contribution in [3.63, 3.8) is 0 Å². The molecule has 0 spiro atoms. The number of rotatable bonds is 5. The molecular formula is C13H17ClN4. The highest BCUT2D eigenvalue weighted by atomic mass is 35.5. The third kappa shape index (κ3) is 2.89. The molecule has 1 aromatic heterocycles. The Morgan fingerprint density at radius 1 is 1.33 bits per heavy atom. The summed E-state index contributed by atoms with van der Waals surface area (Å²) in [5.41, 5.74) is 7.05. The largest absolute Gasteiger partial charge is 0.330 e. The van der Waals surface area contributed by atoms with Crippen LogP contribution in [0.3, 0.4) is 0 Å². The van der Waals surface area contributed by atoms with E-state index in [1.54, 1.807) is 6.33 Å². The van der Waals surface area contributed by atoms with Gasteiger partial charge in [0.05, 0.1) is 0 Å². The summed E-state index contributed by atoms with van der Waals surface area (Å²) in [6.07, 6.45) is 2.39. The molecule has 1 aromatic carbocycles. The van der Waals surface area contributed by atoms with E-state index in [1.807, 2.05) is 28.9 Å². The molecule has 4 nitrogen and oxygen atoms in total. The first-order valence-electron chi connectivity index (χ1n) is 6.06. The van der Waals surface area contributed by atoms with Gasteiger partial charge in [-0.3, -0.25) is 4.68 Å². The lowest BCUT2D eigenvalue weighted by atomic mass is 9.95. The molecule has 2 rings (SSSR count). The summed E-state index contributed by atoms with van der Waals surface area (Å²) in [5, 5.41) is 4.92. The van der Waals surface area contributed by atoms with E-state index in [1.165, 1.54) is 5.56 Å². The van der Waals surface area contributed by atoms with E-state index in [2.05, 4.69) is 17.0 Å². The quantitative estimate of drug-likeness (QED) is 0.901. The van der Waals surface area contributed by atoms with Gasteiger partial charge < -0.3 is 5.73 Å². The zero-order valence-corrected chi connectivity index (χ0v) is 11.1. The van der Waals surface area contributed by atoms with Gasteiger partial charge in [-0.1, -0.05) is 23.7 Å². The molecule has 0 radical (unpaired) electrons. The second-order valence-electron chi connectivity index (χ2n) is 4.18. The Bertz CT molecular complexity index is 492. The first-order valence-corrected chi connectivity index (χ1v) is 6.44. The van der Waals surface area contributed by atoms with Crippen molar-refractivity contribution in [1.82, 2.24) is 14.8 Å². The van der Waals surface area contributed by atoms with E-state index in [-0.39, 0.29) is 5.92 Å². The Balaban J connectivity index is 2.17. The van der Waals surface area contributed by atoms with Gasteiger partial charge in [-0.15, -0.1) is 0 Å². The van der Waals surface area contributed by atoms with Crippen molar-refractivity contribution in [3.8, 4) is 0 Å². The Kier molecular flexibility index (Phi) is 4.33. The summed E-state index contributed by atoms with van der Waals surface area (Å²) in [6.45, 7) is 3.46. The van der Waals surface area contributed by atoms with Crippen molar-refractivity contribution in [1.29, 1.82) is 0 Å². The summed E-state index contributed by atoms with van der Waals surface area (Å²) < 4.78 is 1.90. The summed E-state index contributed by atoms with van der Waals surface area (Å²) in [5.74, 6) is 1.22. The van der Waals surface area contributed by atoms with Gasteiger partial charge in [0.1, 0.15) is 12.2 Å². The lowest BCUT2D eigenvalue weighted by molar-refractivity contribution is 0.576. The Hall–Kier alpha value is -1.39. The Morgan fingerprint density at radius 3 is 2.67 bits per heavy atom. The minimum absolute atomic E-state index is 0.247. The van der Waals surface area contributed by atoms with Crippen LogP contribution in [-0.4, -0.2) is 21.3 Å². The van der Waals surface area contributed by atoms with Crippen LogP contribution in [0.2, 0.25) is 5.02 Å². The fourth-order valence-corrected chi connectivity index (χ4v) is 2.13. The van der Waals surface area contributed by atoms with E-state index in [0.29, 0.717) is 6.54 Å².